The lowest BCUT2D eigenvalue weighted by molar-refractivity contribution is 0.102. The summed E-state index contributed by atoms with van der Waals surface area (Å²) in [5, 5.41) is 12.4. The minimum Gasteiger partial charge on any atom is -0.506 e. The molecule has 0 saturated carbocycles. The molecule has 0 aliphatic carbocycles. The van der Waals surface area contributed by atoms with Crippen LogP contribution < -0.4 is 5.32 Å². The summed E-state index contributed by atoms with van der Waals surface area (Å²) < 4.78 is 0.985. The third-order valence-electron chi connectivity index (χ3n) is 2.29. The van der Waals surface area contributed by atoms with E-state index < -0.39 is 0 Å². The summed E-state index contributed by atoms with van der Waals surface area (Å²) in [4.78, 5) is 11.9. The maximum Gasteiger partial charge on any atom is 0.255 e. The molecule has 0 radical (unpaired) electrons. The van der Waals surface area contributed by atoms with Gasteiger partial charge in [-0.1, -0.05) is 17.7 Å². The van der Waals surface area contributed by atoms with E-state index in [1.54, 1.807) is 18.2 Å². The fraction of sp³-hybridized carbons (Fsp3) is 0. The van der Waals surface area contributed by atoms with E-state index in [4.69, 9.17) is 11.6 Å². The van der Waals surface area contributed by atoms with Gasteiger partial charge < -0.3 is 10.4 Å². The number of anilines is 1. The molecule has 0 fully saturated rings. The van der Waals surface area contributed by atoms with Crippen LogP contribution in [-0.4, -0.2) is 11.0 Å². The van der Waals surface area contributed by atoms with Crippen molar-refractivity contribution in [2.45, 2.75) is 0 Å². The molecule has 0 unspecified atom stereocenters. The number of hydrogen-bond acceptors (Lipinski definition) is 2. The zero-order valence-electron chi connectivity index (χ0n) is 9.15. The van der Waals surface area contributed by atoms with Gasteiger partial charge in [-0.05, 0) is 52.9 Å². The van der Waals surface area contributed by atoms with Crippen LogP contribution in [0.15, 0.2) is 42.5 Å². The largest absolute Gasteiger partial charge is 0.506 e. The Bertz CT molecular complexity index is 601. The van der Waals surface area contributed by atoms with Gasteiger partial charge in [0.15, 0.2) is 0 Å². The van der Waals surface area contributed by atoms with E-state index >= 15 is 0 Å². The van der Waals surface area contributed by atoms with Crippen molar-refractivity contribution >= 4 is 45.8 Å². The van der Waals surface area contributed by atoms with E-state index in [1.165, 1.54) is 12.1 Å². The molecule has 5 heteroatoms. The molecule has 2 aromatic rings. The number of nitrogens with one attached hydrogen (secondary N) is 1. The fourth-order valence-electron chi connectivity index (χ4n) is 1.42. The highest BCUT2D eigenvalue weighted by Crippen LogP contribution is 2.26. The summed E-state index contributed by atoms with van der Waals surface area (Å²) in [5.74, 6) is -0.285. The third kappa shape index (κ3) is 3.14. The molecule has 0 atom stereocenters. The smallest absolute Gasteiger partial charge is 0.255 e. The molecule has 0 bridgehead atoms. The Kier molecular flexibility index (Phi) is 4.08. The second-order valence-electron chi connectivity index (χ2n) is 3.63. The number of halogens is 2. The second-order valence-corrected chi connectivity index (χ2v) is 5.28. The van der Waals surface area contributed by atoms with Crippen molar-refractivity contribution in [1.29, 1.82) is 0 Å². The van der Waals surface area contributed by atoms with Crippen molar-refractivity contribution in [2.75, 3.05) is 5.32 Å². The number of phenols is 1. The topological polar surface area (TPSA) is 49.3 Å². The van der Waals surface area contributed by atoms with Crippen LogP contribution in [0.3, 0.4) is 0 Å². The monoisotopic (exact) mass is 373 g/mol. The Morgan fingerprint density at radius 2 is 2.00 bits per heavy atom. The van der Waals surface area contributed by atoms with Gasteiger partial charge in [0.2, 0.25) is 0 Å². The zero-order chi connectivity index (χ0) is 13.1. The SMILES string of the molecule is O=C(Nc1ccc(Cl)c(O)c1)c1cccc(I)c1. The minimum atomic E-state index is -0.227. The first-order valence-corrected chi connectivity index (χ1v) is 6.57. The van der Waals surface area contributed by atoms with E-state index in [0.717, 1.165) is 3.57 Å². The number of carbonyl (C=O) groups is 1. The molecule has 2 aromatic carbocycles. The highest BCUT2D eigenvalue weighted by Gasteiger charge is 2.07. The maximum absolute atomic E-state index is 11.9. The van der Waals surface area contributed by atoms with Crippen LogP contribution in [0.1, 0.15) is 10.4 Å². The lowest BCUT2D eigenvalue weighted by Gasteiger charge is -2.06. The van der Waals surface area contributed by atoms with Crippen molar-refractivity contribution < 1.29 is 9.90 Å². The number of aromatic hydroxyl groups is 1. The summed E-state index contributed by atoms with van der Waals surface area (Å²) in [6.45, 7) is 0. The van der Waals surface area contributed by atoms with Crippen LogP contribution >= 0.6 is 34.2 Å². The molecule has 3 nitrogen and oxygen atoms in total. The van der Waals surface area contributed by atoms with Gasteiger partial charge in [0.05, 0.1) is 5.02 Å². The molecule has 0 spiro atoms. The van der Waals surface area contributed by atoms with Crippen LogP contribution in [0.25, 0.3) is 0 Å². The summed E-state index contributed by atoms with van der Waals surface area (Å²) >= 11 is 7.83. The number of carbonyl (C=O) groups excluding carboxylic acids is 1. The average molecular weight is 374 g/mol. The first-order valence-electron chi connectivity index (χ1n) is 5.12. The number of phenolic OH excluding ortho intramolecular Hbond substituents is 1. The Balaban J connectivity index is 2.18. The fourth-order valence-corrected chi connectivity index (χ4v) is 2.08. The highest BCUT2D eigenvalue weighted by molar-refractivity contribution is 14.1. The van der Waals surface area contributed by atoms with Crippen molar-refractivity contribution in [3.8, 4) is 5.75 Å². The Hall–Kier alpha value is -1.27. The number of hydrogen-bond donors (Lipinski definition) is 2. The van der Waals surface area contributed by atoms with Crippen LogP contribution in [0.5, 0.6) is 5.75 Å². The zero-order valence-corrected chi connectivity index (χ0v) is 12.1. The average Bonchev–Trinajstić information content (AvgIpc) is 2.34. The number of benzene rings is 2. The molecule has 0 aromatic heterocycles. The van der Waals surface area contributed by atoms with Gasteiger partial charge in [-0.3, -0.25) is 4.79 Å². The second kappa shape index (κ2) is 5.58. The van der Waals surface area contributed by atoms with Gasteiger partial charge in [0.1, 0.15) is 5.75 Å². The number of amides is 1. The van der Waals surface area contributed by atoms with Crippen molar-refractivity contribution in [3.05, 3.63) is 56.6 Å². The molecular weight excluding hydrogens is 365 g/mol. The summed E-state index contributed by atoms with van der Waals surface area (Å²) in [6, 6.07) is 11.8. The molecule has 2 N–H and O–H groups in total. The molecule has 0 aliphatic heterocycles. The molecule has 92 valence electrons. The molecule has 0 heterocycles. The van der Waals surface area contributed by atoms with Gasteiger partial charge >= 0.3 is 0 Å². The van der Waals surface area contributed by atoms with Crippen molar-refractivity contribution in [3.63, 3.8) is 0 Å². The quantitative estimate of drug-likeness (QED) is 0.784. The lowest BCUT2D eigenvalue weighted by Crippen LogP contribution is -2.11. The van der Waals surface area contributed by atoms with E-state index in [0.29, 0.717) is 11.3 Å². The number of rotatable bonds is 2. The highest BCUT2D eigenvalue weighted by atomic mass is 127. The molecule has 2 rings (SSSR count). The van der Waals surface area contributed by atoms with E-state index in [1.807, 2.05) is 12.1 Å². The Labute approximate surface area is 123 Å². The third-order valence-corrected chi connectivity index (χ3v) is 3.28. The lowest BCUT2D eigenvalue weighted by atomic mass is 10.2. The summed E-state index contributed by atoms with van der Waals surface area (Å²) in [5.41, 5.74) is 1.07. The van der Waals surface area contributed by atoms with E-state index in [-0.39, 0.29) is 16.7 Å². The first-order chi connectivity index (χ1) is 8.56. The minimum absolute atomic E-state index is 0.0582. The molecule has 0 saturated heterocycles. The summed E-state index contributed by atoms with van der Waals surface area (Å²) in [7, 11) is 0. The van der Waals surface area contributed by atoms with Crippen molar-refractivity contribution in [1.82, 2.24) is 0 Å². The van der Waals surface area contributed by atoms with Crippen LogP contribution in [0, 0.1) is 3.57 Å². The standard InChI is InChI=1S/C13H9ClINO2/c14-11-5-4-10(7-12(11)17)16-13(18)8-2-1-3-9(15)6-8/h1-7,17H,(H,16,18). The van der Waals surface area contributed by atoms with E-state index in [9.17, 15) is 9.90 Å². The van der Waals surface area contributed by atoms with E-state index in [2.05, 4.69) is 27.9 Å². The molecule has 18 heavy (non-hydrogen) atoms. The Morgan fingerprint density at radius 3 is 2.67 bits per heavy atom. The van der Waals surface area contributed by atoms with Crippen LogP contribution in [0.4, 0.5) is 5.69 Å². The predicted molar refractivity (Wildman–Crippen MR) is 80.2 cm³/mol. The van der Waals surface area contributed by atoms with Crippen LogP contribution in [0.2, 0.25) is 5.02 Å². The van der Waals surface area contributed by atoms with Gasteiger partial charge in [0.25, 0.3) is 5.91 Å². The van der Waals surface area contributed by atoms with Crippen molar-refractivity contribution in [2.24, 2.45) is 0 Å². The molecule has 0 aliphatic rings. The maximum atomic E-state index is 11.9. The molecule has 1 amide bonds. The molecular formula is C13H9ClINO2. The predicted octanol–water partition coefficient (Wildman–Crippen LogP) is 3.90. The Morgan fingerprint density at radius 1 is 1.22 bits per heavy atom. The van der Waals surface area contributed by atoms with Gasteiger partial charge in [-0.15, -0.1) is 0 Å². The van der Waals surface area contributed by atoms with Gasteiger partial charge in [-0.2, -0.15) is 0 Å². The normalized spacial score (nSPS) is 10.1. The van der Waals surface area contributed by atoms with Gasteiger partial charge in [0, 0.05) is 20.9 Å². The summed E-state index contributed by atoms with van der Waals surface area (Å²) in [6.07, 6.45) is 0. The van der Waals surface area contributed by atoms with Crippen LogP contribution in [-0.2, 0) is 0 Å². The van der Waals surface area contributed by atoms with Gasteiger partial charge in [-0.25, -0.2) is 0 Å². The first kappa shape index (κ1) is 13.2.